The average molecular weight is 372 g/mol. The molecule has 148 valence electrons. The van der Waals surface area contributed by atoms with Crippen molar-refractivity contribution in [2.24, 2.45) is 17.8 Å². The molecule has 1 fully saturated rings. The van der Waals surface area contributed by atoms with Crippen molar-refractivity contribution in [3.05, 3.63) is 23.3 Å². The molecule has 26 heavy (non-hydrogen) atoms. The number of aryl methyl sites for hydroxylation is 1. The SMILES string of the molecule is CCCCCc1cc(O)c([C@@H]2CC(C(F)(F)F)CC[C@H]2C(C)C)c(O)c1. The van der Waals surface area contributed by atoms with E-state index in [9.17, 15) is 23.4 Å². The van der Waals surface area contributed by atoms with Gasteiger partial charge in [-0.25, -0.2) is 0 Å². The summed E-state index contributed by atoms with van der Waals surface area (Å²) in [6, 6.07) is 3.25. The van der Waals surface area contributed by atoms with Gasteiger partial charge in [-0.3, -0.25) is 0 Å². The van der Waals surface area contributed by atoms with Gasteiger partial charge in [-0.2, -0.15) is 13.2 Å². The first-order valence-corrected chi connectivity index (χ1v) is 9.76. The number of phenols is 2. The van der Waals surface area contributed by atoms with Crippen LogP contribution in [0.3, 0.4) is 0 Å². The third kappa shape index (κ3) is 4.86. The van der Waals surface area contributed by atoms with Crippen molar-refractivity contribution in [1.29, 1.82) is 0 Å². The second-order valence-corrected chi connectivity index (χ2v) is 8.07. The fourth-order valence-corrected chi connectivity index (χ4v) is 4.40. The third-order valence-corrected chi connectivity index (χ3v) is 5.86. The van der Waals surface area contributed by atoms with Crippen LogP contribution in [0.2, 0.25) is 0 Å². The minimum Gasteiger partial charge on any atom is -0.508 e. The van der Waals surface area contributed by atoms with E-state index in [1.165, 1.54) is 0 Å². The zero-order valence-corrected chi connectivity index (χ0v) is 15.9. The lowest BCUT2D eigenvalue weighted by Gasteiger charge is -2.39. The van der Waals surface area contributed by atoms with E-state index in [2.05, 4.69) is 6.92 Å². The molecule has 2 nitrogen and oxygen atoms in total. The van der Waals surface area contributed by atoms with E-state index in [1.54, 1.807) is 12.1 Å². The van der Waals surface area contributed by atoms with Gasteiger partial charge in [0.1, 0.15) is 11.5 Å². The smallest absolute Gasteiger partial charge is 0.391 e. The Morgan fingerprint density at radius 2 is 1.69 bits per heavy atom. The van der Waals surface area contributed by atoms with Crippen LogP contribution in [0.15, 0.2) is 12.1 Å². The standard InChI is InChI=1S/C21H31F3O2/c1-4-5-6-7-14-10-18(25)20(19(26)11-14)17-12-15(21(22,23)24)8-9-16(17)13(2)3/h10-11,13,15-17,25-26H,4-9,12H2,1-3H3/t15?,16-,17+/m0/s1. The van der Waals surface area contributed by atoms with E-state index >= 15 is 0 Å². The van der Waals surface area contributed by atoms with Gasteiger partial charge in [-0.1, -0.05) is 33.6 Å². The molecule has 0 aliphatic heterocycles. The van der Waals surface area contributed by atoms with Crippen molar-refractivity contribution in [3.63, 3.8) is 0 Å². The lowest BCUT2D eigenvalue weighted by molar-refractivity contribution is -0.186. The van der Waals surface area contributed by atoms with Gasteiger partial charge in [-0.15, -0.1) is 0 Å². The number of hydrogen-bond acceptors (Lipinski definition) is 2. The number of unbranched alkanes of at least 4 members (excludes halogenated alkanes) is 2. The third-order valence-electron chi connectivity index (χ3n) is 5.86. The van der Waals surface area contributed by atoms with E-state index in [-0.39, 0.29) is 36.2 Å². The Balaban J connectivity index is 2.32. The molecule has 0 aromatic heterocycles. The first kappa shape index (κ1) is 20.9. The van der Waals surface area contributed by atoms with Crippen LogP contribution >= 0.6 is 0 Å². The van der Waals surface area contributed by atoms with Gasteiger partial charge >= 0.3 is 6.18 Å². The molecule has 0 saturated heterocycles. The highest BCUT2D eigenvalue weighted by molar-refractivity contribution is 5.49. The van der Waals surface area contributed by atoms with E-state index in [4.69, 9.17) is 0 Å². The lowest BCUT2D eigenvalue weighted by atomic mass is 9.66. The largest absolute Gasteiger partial charge is 0.508 e. The van der Waals surface area contributed by atoms with Crippen molar-refractivity contribution in [2.75, 3.05) is 0 Å². The fraction of sp³-hybridized carbons (Fsp3) is 0.714. The van der Waals surface area contributed by atoms with Crippen LogP contribution in [-0.2, 0) is 6.42 Å². The van der Waals surface area contributed by atoms with E-state index < -0.39 is 18.0 Å². The molecule has 1 saturated carbocycles. The normalized spacial score (nSPS) is 24.2. The molecule has 3 atom stereocenters. The zero-order chi connectivity index (χ0) is 19.5. The number of hydrogen-bond donors (Lipinski definition) is 2. The van der Waals surface area contributed by atoms with Crippen molar-refractivity contribution in [3.8, 4) is 11.5 Å². The molecule has 0 bridgehead atoms. The summed E-state index contributed by atoms with van der Waals surface area (Å²) < 4.78 is 39.8. The average Bonchev–Trinajstić information content (AvgIpc) is 2.53. The molecule has 0 heterocycles. The Kier molecular flexibility index (Phi) is 6.86. The van der Waals surface area contributed by atoms with Gasteiger partial charge < -0.3 is 10.2 Å². The molecule has 0 spiro atoms. The van der Waals surface area contributed by atoms with Crippen LogP contribution in [0, 0.1) is 17.8 Å². The summed E-state index contributed by atoms with van der Waals surface area (Å²) in [7, 11) is 0. The summed E-state index contributed by atoms with van der Waals surface area (Å²) in [6.07, 6.45) is 0.139. The number of phenolic OH excluding ortho intramolecular Hbond substituents is 2. The Bertz CT molecular complexity index is 572. The highest BCUT2D eigenvalue weighted by Crippen LogP contribution is 2.52. The van der Waals surface area contributed by atoms with Gasteiger partial charge in [0.05, 0.1) is 5.92 Å². The number of rotatable bonds is 6. The van der Waals surface area contributed by atoms with Crippen LogP contribution in [0.4, 0.5) is 13.2 Å². The monoisotopic (exact) mass is 372 g/mol. The van der Waals surface area contributed by atoms with Gasteiger partial charge in [0, 0.05) is 5.56 Å². The molecule has 5 heteroatoms. The number of alkyl halides is 3. The van der Waals surface area contributed by atoms with Gasteiger partial charge in [0.25, 0.3) is 0 Å². The van der Waals surface area contributed by atoms with Gasteiger partial charge in [0.15, 0.2) is 0 Å². The van der Waals surface area contributed by atoms with Crippen molar-refractivity contribution in [1.82, 2.24) is 0 Å². The first-order chi connectivity index (χ1) is 12.1. The van der Waals surface area contributed by atoms with Crippen molar-refractivity contribution < 1.29 is 23.4 Å². The molecule has 2 rings (SSSR count). The lowest BCUT2D eigenvalue weighted by Crippen LogP contribution is -2.34. The van der Waals surface area contributed by atoms with Crippen LogP contribution in [0.1, 0.15) is 76.3 Å². The number of halogens is 3. The predicted molar refractivity (Wildman–Crippen MR) is 97.5 cm³/mol. The minimum absolute atomic E-state index is 0.0244. The van der Waals surface area contributed by atoms with Crippen LogP contribution < -0.4 is 0 Å². The van der Waals surface area contributed by atoms with E-state index in [1.807, 2.05) is 13.8 Å². The maximum atomic E-state index is 13.3. The van der Waals surface area contributed by atoms with Crippen LogP contribution in [-0.4, -0.2) is 16.4 Å². The first-order valence-electron chi connectivity index (χ1n) is 9.76. The van der Waals surface area contributed by atoms with Gasteiger partial charge in [-0.05, 0) is 67.6 Å². The molecular formula is C21H31F3O2. The predicted octanol–water partition coefficient (Wildman–Crippen LogP) is 6.55. The molecule has 1 aromatic rings. The summed E-state index contributed by atoms with van der Waals surface area (Å²) in [6.45, 7) is 6.10. The summed E-state index contributed by atoms with van der Waals surface area (Å²) in [5.74, 6) is -1.75. The summed E-state index contributed by atoms with van der Waals surface area (Å²) in [4.78, 5) is 0. The highest BCUT2D eigenvalue weighted by atomic mass is 19.4. The van der Waals surface area contributed by atoms with Crippen molar-refractivity contribution >= 4 is 0 Å². The molecule has 0 amide bonds. The molecule has 1 unspecified atom stereocenters. The number of aromatic hydroxyl groups is 2. The molecule has 1 aliphatic carbocycles. The minimum atomic E-state index is -4.23. The van der Waals surface area contributed by atoms with Crippen molar-refractivity contribution in [2.45, 2.75) is 77.8 Å². The van der Waals surface area contributed by atoms with Crippen LogP contribution in [0.25, 0.3) is 0 Å². The number of benzene rings is 1. The Morgan fingerprint density at radius 3 is 2.19 bits per heavy atom. The fourth-order valence-electron chi connectivity index (χ4n) is 4.40. The molecule has 0 radical (unpaired) electrons. The Hall–Kier alpha value is -1.39. The molecule has 2 N–H and O–H groups in total. The topological polar surface area (TPSA) is 40.5 Å². The highest BCUT2D eigenvalue weighted by Gasteiger charge is 2.46. The summed E-state index contributed by atoms with van der Waals surface area (Å²) in [5, 5.41) is 21.1. The second-order valence-electron chi connectivity index (χ2n) is 8.07. The molecule has 1 aliphatic rings. The maximum Gasteiger partial charge on any atom is 0.391 e. The maximum absolute atomic E-state index is 13.3. The van der Waals surface area contributed by atoms with E-state index in [0.717, 1.165) is 31.2 Å². The molecule has 1 aromatic carbocycles. The summed E-state index contributed by atoms with van der Waals surface area (Å²) >= 11 is 0. The molecular weight excluding hydrogens is 341 g/mol. The Morgan fingerprint density at radius 1 is 1.08 bits per heavy atom. The quantitative estimate of drug-likeness (QED) is 0.556. The summed E-state index contributed by atoms with van der Waals surface area (Å²) in [5.41, 5.74) is 1.14. The zero-order valence-electron chi connectivity index (χ0n) is 15.9. The van der Waals surface area contributed by atoms with Gasteiger partial charge in [0.2, 0.25) is 0 Å². The Labute approximate surface area is 154 Å². The van der Waals surface area contributed by atoms with E-state index in [0.29, 0.717) is 12.0 Å². The second kappa shape index (κ2) is 8.53. The van der Waals surface area contributed by atoms with Crippen LogP contribution in [0.5, 0.6) is 11.5 Å².